The lowest BCUT2D eigenvalue weighted by Gasteiger charge is -2.14. The van der Waals surface area contributed by atoms with E-state index in [0.717, 1.165) is 10.8 Å². The molecule has 0 aliphatic rings. The van der Waals surface area contributed by atoms with Crippen molar-refractivity contribution in [2.75, 3.05) is 0 Å². The fourth-order valence-corrected chi connectivity index (χ4v) is 2.59. The van der Waals surface area contributed by atoms with Crippen molar-refractivity contribution in [1.29, 1.82) is 0 Å². The third-order valence-corrected chi connectivity index (χ3v) is 3.67. The van der Waals surface area contributed by atoms with E-state index in [9.17, 15) is 9.90 Å². The molecule has 0 fully saturated rings. The van der Waals surface area contributed by atoms with Gasteiger partial charge in [-0.15, -0.1) is 0 Å². The summed E-state index contributed by atoms with van der Waals surface area (Å²) in [6.45, 7) is 0. The molecule has 0 radical (unpaired) electrons. The molecule has 1 unspecified atom stereocenters. The van der Waals surface area contributed by atoms with E-state index in [1.54, 1.807) is 12.1 Å². The molecule has 106 valence electrons. The normalized spacial score (nSPS) is 12.5. The number of halogens is 1. The van der Waals surface area contributed by atoms with Crippen LogP contribution in [0.1, 0.15) is 27.8 Å². The number of aliphatic hydroxyl groups is 1. The van der Waals surface area contributed by atoms with E-state index in [4.69, 9.17) is 16.7 Å². The van der Waals surface area contributed by atoms with Crippen LogP contribution < -0.4 is 0 Å². The molecule has 5 nitrogen and oxygen atoms in total. The van der Waals surface area contributed by atoms with Crippen molar-refractivity contribution in [3.05, 3.63) is 64.7 Å². The molecule has 0 amide bonds. The summed E-state index contributed by atoms with van der Waals surface area (Å²) in [5.41, 5.74) is 0.526. The third-order valence-electron chi connectivity index (χ3n) is 3.34. The van der Waals surface area contributed by atoms with Crippen LogP contribution in [-0.4, -0.2) is 26.2 Å². The Labute approximate surface area is 124 Å². The summed E-state index contributed by atoms with van der Waals surface area (Å²) in [5, 5.41) is 21.8. The second kappa shape index (κ2) is 5.20. The Bertz CT molecular complexity index is 829. The van der Waals surface area contributed by atoms with Crippen molar-refractivity contribution in [2.45, 2.75) is 6.10 Å². The number of nitrogens with zero attached hydrogens (tertiary/aromatic N) is 1. The molecule has 0 bridgehead atoms. The van der Waals surface area contributed by atoms with E-state index in [1.807, 2.05) is 24.3 Å². The van der Waals surface area contributed by atoms with E-state index < -0.39 is 12.1 Å². The molecule has 1 aromatic heterocycles. The van der Waals surface area contributed by atoms with Crippen molar-refractivity contribution in [3.8, 4) is 0 Å². The van der Waals surface area contributed by atoms with Crippen molar-refractivity contribution < 1.29 is 15.0 Å². The number of carboxylic acid groups (broad SMARTS) is 1. The van der Waals surface area contributed by atoms with Crippen molar-refractivity contribution >= 4 is 28.3 Å². The molecule has 3 rings (SSSR count). The topological polar surface area (TPSA) is 86.2 Å². The Hall–Kier alpha value is -2.37. The molecule has 0 aliphatic heterocycles. The van der Waals surface area contributed by atoms with Gasteiger partial charge in [-0.3, -0.25) is 0 Å². The number of aromatic amines is 1. The molecular weight excluding hydrogens is 292 g/mol. The molecule has 2 aromatic carbocycles. The number of nitrogens with one attached hydrogen (secondary N) is 1. The molecule has 0 saturated carbocycles. The minimum absolute atomic E-state index is 0.148. The zero-order valence-electron chi connectivity index (χ0n) is 10.7. The largest absolute Gasteiger partial charge is 0.476 e. The minimum Gasteiger partial charge on any atom is -0.476 e. The van der Waals surface area contributed by atoms with Crippen LogP contribution in [0.15, 0.2) is 42.7 Å². The van der Waals surface area contributed by atoms with E-state index in [1.165, 1.54) is 6.33 Å². The van der Waals surface area contributed by atoms with E-state index in [0.29, 0.717) is 10.6 Å². The molecule has 0 aliphatic carbocycles. The summed E-state index contributed by atoms with van der Waals surface area (Å²) in [5.74, 6) is -1.19. The van der Waals surface area contributed by atoms with Gasteiger partial charge >= 0.3 is 5.97 Å². The maximum atomic E-state index is 11.1. The van der Waals surface area contributed by atoms with Crippen LogP contribution in [0, 0.1) is 0 Å². The maximum Gasteiger partial charge on any atom is 0.356 e. The van der Waals surface area contributed by atoms with E-state index in [2.05, 4.69) is 9.97 Å². The monoisotopic (exact) mass is 302 g/mol. The average Bonchev–Trinajstić information content (AvgIpc) is 2.97. The Kier molecular flexibility index (Phi) is 3.37. The first-order valence-electron chi connectivity index (χ1n) is 6.21. The van der Waals surface area contributed by atoms with Crippen LogP contribution in [0.5, 0.6) is 0 Å². The summed E-state index contributed by atoms with van der Waals surface area (Å²) < 4.78 is 0. The molecular formula is C15H11ClN2O3. The highest BCUT2D eigenvalue weighted by atomic mass is 35.5. The standard InChI is InChI=1S/C15H11ClN2O3/c16-11-6-5-10(8-3-1-2-4-9(8)11)14(19)12-13(15(20)21)18-7-17-12/h1-7,14,19H,(H,17,18)(H,20,21). The summed E-state index contributed by atoms with van der Waals surface area (Å²) in [6, 6.07) is 10.7. The zero-order chi connectivity index (χ0) is 15.0. The number of fused-ring (bicyclic) bond motifs is 1. The van der Waals surface area contributed by atoms with Gasteiger partial charge in [-0.25, -0.2) is 9.78 Å². The number of hydrogen-bond acceptors (Lipinski definition) is 3. The van der Waals surface area contributed by atoms with Crippen LogP contribution in [0.4, 0.5) is 0 Å². The number of carbonyl (C=O) groups is 1. The van der Waals surface area contributed by atoms with Crippen LogP contribution in [0.2, 0.25) is 5.02 Å². The van der Waals surface area contributed by atoms with Gasteiger partial charge in [-0.1, -0.05) is 41.9 Å². The van der Waals surface area contributed by atoms with Gasteiger partial charge in [-0.05, 0) is 17.0 Å². The number of aromatic nitrogens is 2. The van der Waals surface area contributed by atoms with Crippen molar-refractivity contribution in [1.82, 2.24) is 9.97 Å². The van der Waals surface area contributed by atoms with Crippen LogP contribution in [-0.2, 0) is 0 Å². The molecule has 3 aromatic rings. The van der Waals surface area contributed by atoms with Crippen LogP contribution in [0.3, 0.4) is 0 Å². The molecule has 1 atom stereocenters. The zero-order valence-corrected chi connectivity index (χ0v) is 11.5. The Morgan fingerprint density at radius 2 is 1.90 bits per heavy atom. The summed E-state index contributed by atoms with van der Waals surface area (Å²) in [7, 11) is 0. The highest BCUT2D eigenvalue weighted by Crippen LogP contribution is 2.32. The van der Waals surface area contributed by atoms with Crippen LogP contribution >= 0.6 is 11.6 Å². The number of rotatable bonds is 3. The van der Waals surface area contributed by atoms with Crippen molar-refractivity contribution in [3.63, 3.8) is 0 Å². The minimum atomic E-state index is -1.19. The lowest BCUT2D eigenvalue weighted by Crippen LogP contribution is -2.08. The maximum absolute atomic E-state index is 11.1. The van der Waals surface area contributed by atoms with Gasteiger partial charge in [0.2, 0.25) is 0 Å². The first kappa shape index (κ1) is 13.6. The SMILES string of the molecule is O=C(O)c1nc[nH]c1C(O)c1ccc(Cl)c2ccccc12. The highest BCUT2D eigenvalue weighted by Gasteiger charge is 2.23. The predicted molar refractivity (Wildman–Crippen MR) is 78.6 cm³/mol. The summed E-state index contributed by atoms with van der Waals surface area (Å²) >= 11 is 6.14. The lowest BCUT2D eigenvalue weighted by atomic mass is 9.98. The smallest absolute Gasteiger partial charge is 0.356 e. The van der Waals surface area contributed by atoms with Gasteiger partial charge in [0.1, 0.15) is 6.10 Å². The fraction of sp³-hybridized carbons (Fsp3) is 0.0667. The first-order chi connectivity index (χ1) is 10.1. The van der Waals surface area contributed by atoms with Gasteiger partial charge in [0, 0.05) is 10.4 Å². The number of aromatic carboxylic acids is 1. The van der Waals surface area contributed by atoms with Gasteiger partial charge in [0.15, 0.2) is 5.69 Å². The fourth-order valence-electron chi connectivity index (χ4n) is 2.36. The lowest BCUT2D eigenvalue weighted by molar-refractivity contribution is 0.0685. The highest BCUT2D eigenvalue weighted by molar-refractivity contribution is 6.35. The molecule has 3 N–H and O–H groups in total. The van der Waals surface area contributed by atoms with Crippen molar-refractivity contribution in [2.24, 2.45) is 0 Å². The molecule has 0 spiro atoms. The Balaban J connectivity index is 2.18. The number of benzene rings is 2. The van der Waals surface area contributed by atoms with Gasteiger partial charge in [-0.2, -0.15) is 0 Å². The average molecular weight is 303 g/mol. The predicted octanol–water partition coefficient (Wildman–Crippen LogP) is 3.00. The third kappa shape index (κ3) is 2.26. The molecule has 21 heavy (non-hydrogen) atoms. The van der Waals surface area contributed by atoms with E-state index in [-0.39, 0.29) is 11.4 Å². The second-order valence-corrected chi connectivity index (χ2v) is 4.96. The quantitative estimate of drug-likeness (QED) is 0.694. The number of hydrogen-bond donors (Lipinski definition) is 3. The summed E-state index contributed by atoms with van der Waals surface area (Å²) in [6.07, 6.45) is 0.126. The molecule has 1 heterocycles. The number of aliphatic hydroxyl groups excluding tert-OH is 1. The first-order valence-corrected chi connectivity index (χ1v) is 6.59. The van der Waals surface area contributed by atoms with E-state index >= 15 is 0 Å². The van der Waals surface area contributed by atoms with Crippen LogP contribution in [0.25, 0.3) is 10.8 Å². The summed E-state index contributed by atoms with van der Waals surface area (Å²) in [4.78, 5) is 17.5. The van der Waals surface area contributed by atoms with Gasteiger partial charge in [0.25, 0.3) is 0 Å². The number of H-pyrrole nitrogens is 1. The second-order valence-electron chi connectivity index (χ2n) is 4.55. The Morgan fingerprint density at radius 1 is 1.19 bits per heavy atom. The number of carboxylic acids is 1. The van der Waals surface area contributed by atoms with Gasteiger partial charge < -0.3 is 15.2 Å². The van der Waals surface area contributed by atoms with Gasteiger partial charge in [0.05, 0.1) is 12.0 Å². The molecule has 6 heteroatoms. The Morgan fingerprint density at radius 3 is 2.62 bits per heavy atom. The molecule has 0 saturated heterocycles. The number of imidazole rings is 1.